The highest BCUT2D eigenvalue weighted by atomic mass is 15.4. The van der Waals surface area contributed by atoms with E-state index in [-0.39, 0.29) is 0 Å². The molecule has 0 saturated heterocycles. The van der Waals surface area contributed by atoms with Gasteiger partial charge in [-0.3, -0.25) is 0 Å². The largest absolute Gasteiger partial charge is 0.236 e. The third-order valence-corrected chi connectivity index (χ3v) is 3.02. The molecule has 0 aliphatic carbocycles. The van der Waals surface area contributed by atoms with Crippen LogP contribution in [0.5, 0.6) is 0 Å². The van der Waals surface area contributed by atoms with Gasteiger partial charge in [-0.05, 0) is 24.6 Å². The lowest BCUT2D eigenvalue weighted by Crippen LogP contribution is -2.02. The van der Waals surface area contributed by atoms with Crippen LogP contribution in [0, 0.1) is 0 Å². The van der Waals surface area contributed by atoms with E-state index in [1.54, 1.807) is 10.9 Å². The van der Waals surface area contributed by atoms with Crippen LogP contribution in [0.2, 0.25) is 0 Å². The van der Waals surface area contributed by atoms with Crippen molar-refractivity contribution in [3.63, 3.8) is 0 Å². The molecule has 0 bridgehead atoms. The van der Waals surface area contributed by atoms with E-state index in [0.29, 0.717) is 0 Å². The van der Waals surface area contributed by atoms with Gasteiger partial charge >= 0.3 is 0 Å². The average Bonchev–Trinajstić information content (AvgIpc) is 3.08. The second kappa shape index (κ2) is 5.10. The number of nitrogens with zero attached hydrogens (tertiary/aromatic N) is 4. The second-order valence-electron chi connectivity index (χ2n) is 4.44. The Morgan fingerprint density at radius 2 is 1.95 bits per heavy atom. The molecule has 0 N–H and O–H groups in total. The molecule has 0 amide bonds. The number of aromatic nitrogens is 4. The van der Waals surface area contributed by atoms with Crippen molar-refractivity contribution in [2.75, 3.05) is 0 Å². The predicted octanol–water partition coefficient (Wildman–Crippen LogP) is 3.01. The molecule has 0 aliphatic rings. The van der Waals surface area contributed by atoms with E-state index in [1.165, 1.54) is 5.69 Å². The zero-order valence-electron chi connectivity index (χ0n) is 10.9. The minimum absolute atomic E-state index is 0.859. The van der Waals surface area contributed by atoms with Crippen LogP contribution in [0.15, 0.2) is 54.9 Å². The molecule has 0 radical (unpaired) electrons. The van der Waals surface area contributed by atoms with Crippen molar-refractivity contribution in [2.45, 2.75) is 19.8 Å². The molecule has 4 heteroatoms. The average molecular weight is 252 g/mol. The second-order valence-corrected chi connectivity index (χ2v) is 4.44. The summed E-state index contributed by atoms with van der Waals surface area (Å²) in [6.07, 6.45) is 5.77. The van der Waals surface area contributed by atoms with Crippen molar-refractivity contribution >= 4 is 0 Å². The number of benzene rings is 1. The number of rotatable bonds is 4. The lowest BCUT2D eigenvalue weighted by molar-refractivity contribution is 0.753. The van der Waals surface area contributed by atoms with E-state index >= 15 is 0 Å². The summed E-state index contributed by atoms with van der Waals surface area (Å²) in [5.41, 5.74) is 2.29. The Morgan fingerprint density at radius 3 is 2.63 bits per heavy atom. The Balaban J connectivity index is 2.08. The van der Waals surface area contributed by atoms with Crippen LogP contribution in [0.1, 0.15) is 19.0 Å². The van der Waals surface area contributed by atoms with Gasteiger partial charge < -0.3 is 0 Å². The van der Waals surface area contributed by atoms with Crippen molar-refractivity contribution in [3.05, 3.63) is 60.6 Å². The van der Waals surface area contributed by atoms with Gasteiger partial charge in [-0.15, -0.1) is 5.10 Å². The molecule has 0 atom stereocenters. The van der Waals surface area contributed by atoms with Gasteiger partial charge in [0.05, 0.1) is 5.69 Å². The Hall–Kier alpha value is -2.36. The van der Waals surface area contributed by atoms with Gasteiger partial charge in [-0.2, -0.15) is 5.10 Å². The quantitative estimate of drug-likeness (QED) is 0.715. The number of para-hydroxylation sites is 1. The lowest BCUT2D eigenvalue weighted by atomic mass is 10.2. The summed E-state index contributed by atoms with van der Waals surface area (Å²) in [5.74, 6) is 0.859. The Kier molecular flexibility index (Phi) is 3.14. The summed E-state index contributed by atoms with van der Waals surface area (Å²) < 4.78 is 3.79. The maximum Gasteiger partial charge on any atom is 0.175 e. The molecule has 1 aromatic carbocycles. The minimum atomic E-state index is 0.859. The molecule has 3 aromatic rings. The van der Waals surface area contributed by atoms with Gasteiger partial charge in [0.2, 0.25) is 0 Å². The molecule has 4 nitrogen and oxygen atoms in total. The van der Waals surface area contributed by atoms with E-state index in [9.17, 15) is 0 Å². The number of hydrogen-bond donors (Lipinski definition) is 0. The summed E-state index contributed by atoms with van der Waals surface area (Å²) >= 11 is 0. The normalized spacial score (nSPS) is 10.8. The molecule has 0 aliphatic heterocycles. The van der Waals surface area contributed by atoms with Crippen molar-refractivity contribution in [1.82, 2.24) is 19.6 Å². The van der Waals surface area contributed by atoms with Crippen LogP contribution >= 0.6 is 0 Å². The maximum absolute atomic E-state index is 4.66. The number of hydrogen-bond acceptors (Lipinski definition) is 2. The molecular weight excluding hydrogens is 236 g/mol. The molecule has 0 fully saturated rings. The van der Waals surface area contributed by atoms with E-state index in [4.69, 9.17) is 0 Å². The molecule has 0 saturated carbocycles. The lowest BCUT2D eigenvalue weighted by Gasteiger charge is -2.05. The Labute approximate surface area is 112 Å². The zero-order valence-corrected chi connectivity index (χ0v) is 10.9. The third-order valence-electron chi connectivity index (χ3n) is 3.02. The Bertz CT molecular complexity index is 638. The first-order valence-electron chi connectivity index (χ1n) is 6.53. The first-order valence-corrected chi connectivity index (χ1v) is 6.53. The van der Waals surface area contributed by atoms with Crippen LogP contribution < -0.4 is 0 Å². The van der Waals surface area contributed by atoms with Crippen LogP contribution in [-0.2, 0) is 6.42 Å². The molecule has 2 heterocycles. The minimum Gasteiger partial charge on any atom is -0.236 e. The standard InChI is InChI=1S/C15H16N4/c1-2-7-14-12-15(18-11-6-10-16-18)17-19(14)13-8-4-3-5-9-13/h3-6,8-12H,2,7H2,1H3. The highest BCUT2D eigenvalue weighted by Crippen LogP contribution is 2.16. The fourth-order valence-electron chi connectivity index (χ4n) is 2.15. The first-order chi connectivity index (χ1) is 9.38. The maximum atomic E-state index is 4.66. The van der Waals surface area contributed by atoms with Crippen molar-refractivity contribution in [1.29, 1.82) is 0 Å². The fourth-order valence-corrected chi connectivity index (χ4v) is 2.15. The molecule has 0 unspecified atom stereocenters. The predicted molar refractivity (Wildman–Crippen MR) is 74.7 cm³/mol. The van der Waals surface area contributed by atoms with Crippen LogP contribution in [0.3, 0.4) is 0 Å². The van der Waals surface area contributed by atoms with E-state index in [2.05, 4.69) is 35.3 Å². The van der Waals surface area contributed by atoms with Crippen LogP contribution in [0.4, 0.5) is 0 Å². The highest BCUT2D eigenvalue weighted by molar-refractivity contribution is 5.36. The van der Waals surface area contributed by atoms with Crippen molar-refractivity contribution in [2.24, 2.45) is 0 Å². The molecule has 19 heavy (non-hydrogen) atoms. The Morgan fingerprint density at radius 1 is 1.11 bits per heavy atom. The molecule has 96 valence electrons. The summed E-state index contributed by atoms with van der Waals surface area (Å²) in [5, 5.41) is 8.89. The third kappa shape index (κ3) is 2.29. The summed E-state index contributed by atoms with van der Waals surface area (Å²) in [6, 6.07) is 14.2. The van der Waals surface area contributed by atoms with Crippen LogP contribution in [0.25, 0.3) is 11.5 Å². The molecule has 2 aromatic heterocycles. The summed E-state index contributed by atoms with van der Waals surface area (Å²) in [7, 11) is 0. The molecule has 3 rings (SSSR count). The van der Waals surface area contributed by atoms with Crippen molar-refractivity contribution in [3.8, 4) is 11.5 Å². The molecule has 0 spiro atoms. The smallest absolute Gasteiger partial charge is 0.175 e. The van der Waals surface area contributed by atoms with Crippen LogP contribution in [-0.4, -0.2) is 19.6 Å². The van der Waals surface area contributed by atoms with Gasteiger partial charge in [0, 0.05) is 24.2 Å². The van der Waals surface area contributed by atoms with Gasteiger partial charge in [-0.1, -0.05) is 31.5 Å². The zero-order chi connectivity index (χ0) is 13.1. The van der Waals surface area contributed by atoms with E-state index < -0.39 is 0 Å². The highest BCUT2D eigenvalue weighted by Gasteiger charge is 2.10. The van der Waals surface area contributed by atoms with E-state index in [1.807, 2.05) is 35.1 Å². The summed E-state index contributed by atoms with van der Waals surface area (Å²) in [4.78, 5) is 0. The van der Waals surface area contributed by atoms with E-state index in [0.717, 1.165) is 24.3 Å². The molecular formula is C15H16N4. The fraction of sp³-hybridized carbons (Fsp3) is 0.200. The van der Waals surface area contributed by atoms with Crippen molar-refractivity contribution < 1.29 is 0 Å². The monoisotopic (exact) mass is 252 g/mol. The topological polar surface area (TPSA) is 35.6 Å². The van der Waals surface area contributed by atoms with Gasteiger partial charge in [0.15, 0.2) is 5.82 Å². The SMILES string of the molecule is CCCc1cc(-n2cccn2)nn1-c1ccccc1. The number of aryl methyl sites for hydroxylation is 1. The van der Waals surface area contributed by atoms with Gasteiger partial charge in [-0.25, -0.2) is 9.36 Å². The summed E-state index contributed by atoms with van der Waals surface area (Å²) in [6.45, 7) is 2.18. The first kappa shape index (κ1) is 11.7. The van der Waals surface area contributed by atoms with Gasteiger partial charge in [0.1, 0.15) is 0 Å². The van der Waals surface area contributed by atoms with Gasteiger partial charge in [0.25, 0.3) is 0 Å².